The SMILES string of the molecule is CC(C)Oc1ccn(-c2ccc(N)cc2)n1. The fourth-order valence-electron chi connectivity index (χ4n) is 1.38. The topological polar surface area (TPSA) is 53.1 Å². The van der Waals surface area contributed by atoms with Crippen LogP contribution >= 0.6 is 0 Å². The number of benzene rings is 1. The lowest BCUT2D eigenvalue weighted by Gasteiger charge is -2.05. The van der Waals surface area contributed by atoms with Crippen LogP contribution in [0.15, 0.2) is 36.5 Å². The fraction of sp³-hybridized carbons (Fsp3) is 0.250. The first-order valence-electron chi connectivity index (χ1n) is 5.23. The van der Waals surface area contributed by atoms with Crippen LogP contribution in [-0.4, -0.2) is 15.9 Å². The van der Waals surface area contributed by atoms with Gasteiger partial charge in [0.1, 0.15) is 0 Å². The number of hydrogen-bond acceptors (Lipinski definition) is 3. The molecule has 4 heteroatoms. The number of nitrogens with two attached hydrogens (primary N) is 1. The van der Waals surface area contributed by atoms with Crippen molar-refractivity contribution in [2.45, 2.75) is 20.0 Å². The minimum absolute atomic E-state index is 0.134. The van der Waals surface area contributed by atoms with Crippen molar-refractivity contribution in [3.63, 3.8) is 0 Å². The molecule has 84 valence electrons. The number of aromatic nitrogens is 2. The lowest BCUT2D eigenvalue weighted by molar-refractivity contribution is 0.231. The number of nitrogen functional groups attached to an aromatic ring is 1. The molecule has 0 unspecified atom stereocenters. The standard InChI is InChI=1S/C12H15N3O/c1-9(2)16-12-7-8-15(14-12)11-5-3-10(13)4-6-11/h3-9H,13H2,1-2H3. The van der Waals surface area contributed by atoms with Crippen LogP contribution in [0.1, 0.15) is 13.8 Å². The summed E-state index contributed by atoms with van der Waals surface area (Å²) in [5.41, 5.74) is 7.33. The maximum absolute atomic E-state index is 5.62. The Morgan fingerprint density at radius 2 is 1.88 bits per heavy atom. The highest BCUT2D eigenvalue weighted by Crippen LogP contribution is 2.14. The number of nitrogens with zero attached hydrogens (tertiary/aromatic N) is 2. The first-order chi connectivity index (χ1) is 7.65. The zero-order valence-corrected chi connectivity index (χ0v) is 9.42. The van der Waals surface area contributed by atoms with Gasteiger partial charge in [-0.05, 0) is 38.1 Å². The summed E-state index contributed by atoms with van der Waals surface area (Å²) in [7, 11) is 0. The Morgan fingerprint density at radius 1 is 1.19 bits per heavy atom. The van der Waals surface area contributed by atoms with Crippen molar-refractivity contribution in [3.05, 3.63) is 36.5 Å². The molecule has 2 aromatic rings. The third kappa shape index (κ3) is 2.34. The summed E-state index contributed by atoms with van der Waals surface area (Å²) in [6.07, 6.45) is 2.00. The maximum Gasteiger partial charge on any atom is 0.233 e. The van der Waals surface area contributed by atoms with E-state index in [9.17, 15) is 0 Å². The van der Waals surface area contributed by atoms with E-state index in [0.29, 0.717) is 5.88 Å². The molecule has 0 fully saturated rings. The molecule has 0 atom stereocenters. The largest absolute Gasteiger partial charge is 0.474 e. The summed E-state index contributed by atoms with van der Waals surface area (Å²) in [6, 6.07) is 9.37. The van der Waals surface area contributed by atoms with Gasteiger partial charge in [0.05, 0.1) is 11.8 Å². The van der Waals surface area contributed by atoms with Gasteiger partial charge in [0, 0.05) is 18.0 Å². The van der Waals surface area contributed by atoms with Gasteiger partial charge in [-0.15, -0.1) is 5.10 Å². The zero-order valence-electron chi connectivity index (χ0n) is 9.42. The molecular weight excluding hydrogens is 202 g/mol. The highest BCUT2D eigenvalue weighted by atomic mass is 16.5. The number of ether oxygens (including phenoxy) is 1. The predicted octanol–water partition coefficient (Wildman–Crippen LogP) is 2.24. The number of rotatable bonds is 3. The third-order valence-corrected chi connectivity index (χ3v) is 2.08. The van der Waals surface area contributed by atoms with Gasteiger partial charge in [0.25, 0.3) is 0 Å². The molecule has 0 spiro atoms. The van der Waals surface area contributed by atoms with Crippen LogP contribution < -0.4 is 10.5 Å². The molecule has 4 nitrogen and oxygen atoms in total. The van der Waals surface area contributed by atoms with Crippen LogP contribution in [0, 0.1) is 0 Å². The predicted molar refractivity (Wildman–Crippen MR) is 63.7 cm³/mol. The van der Waals surface area contributed by atoms with E-state index in [2.05, 4.69) is 5.10 Å². The quantitative estimate of drug-likeness (QED) is 0.802. The molecule has 1 aromatic heterocycles. The van der Waals surface area contributed by atoms with Gasteiger partial charge in [-0.25, -0.2) is 4.68 Å². The second-order valence-electron chi connectivity index (χ2n) is 3.86. The smallest absolute Gasteiger partial charge is 0.233 e. The summed E-state index contributed by atoms with van der Waals surface area (Å²) in [6.45, 7) is 3.95. The number of hydrogen-bond donors (Lipinski definition) is 1. The van der Waals surface area contributed by atoms with E-state index in [4.69, 9.17) is 10.5 Å². The molecule has 2 N–H and O–H groups in total. The Morgan fingerprint density at radius 3 is 2.50 bits per heavy atom. The molecule has 0 bridgehead atoms. The molecule has 1 aromatic carbocycles. The molecule has 0 aliphatic carbocycles. The van der Waals surface area contributed by atoms with Crippen LogP contribution in [0.25, 0.3) is 5.69 Å². The van der Waals surface area contributed by atoms with Crippen LogP contribution in [0.2, 0.25) is 0 Å². The average Bonchev–Trinajstić information content (AvgIpc) is 2.66. The van der Waals surface area contributed by atoms with E-state index in [1.165, 1.54) is 0 Å². The highest BCUT2D eigenvalue weighted by Gasteiger charge is 2.03. The average molecular weight is 217 g/mol. The van der Waals surface area contributed by atoms with E-state index in [1.807, 2.05) is 50.4 Å². The van der Waals surface area contributed by atoms with Crippen molar-refractivity contribution in [1.82, 2.24) is 9.78 Å². The molecule has 16 heavy (non-hydrogen) atoms. The first-order valence-corrected chi connectivity index (χ1v) is 5.23. The summed E-state index contributed by atoms with van der Waals surface area (Å²) >= 11 is 0. The summed E-state index contributed by atoms with van der Waals surface area (Å²) in [5.74, 6) is 0.631. The molecule has 0 saturated carbocycles. The molecule has 1 heterocycles. The molecule has 0 saturated heterocycles. The van der Waals surface area contributed by atoms with Crippen molar-refractivity contribution in [3.8, 4) is 11.6 Å². The first kappa shape index (κ1) is 10.5. The third-order valence-electron chi connectivity index (χ3n) is 2.08. The summed E-state index contributed by atoms with van der Waals surface area (Å²) in [4.78, 5) is 0. The minimum Gasteiger partial charge on any atom is -0.474 e. The Hall–Kier alpha value is -1.97. The second kappa shape index (κ2) is 4.26. The summed E-state index contributed by atoms with van der Waals surface area (Å²) < 4.78 is 7.24. The van der Waals surface area contributed by atoms with Gasteiger partial charge >= 0.3 is 0 Å². The van der Waals surface area contributed by atoms with Gasteiger partial charge in [0.15, 0.2) is 0 Å². The van der Waals surface area contributed by atoms with E-state index in [0.717, 1.165) is 11.4 Å². The molecule has 0 amide bonds. The van der Waals surface area contributed by atoms with Gasteiger partial charge in [-0.3, -0.25) is 0 Å². The highest BCUT2D eigenvalue weighted by molar-refractivity contribution is 5.44. The Labute approximate surface area is 94.6 Å². The van der Waals surface area contributed by atoms with Crippen molar-refractivity contribution in [2.75, 3.05) is 5.73 Å². The van der Waals surface area contributed by atoms with E-state index in [1.54, 1.807) is 4.68 Å². The van der Waals surface area contributed by atoms with Crippen molar-refractivity contribution >= 4 is 5.69 Å². The van der Waals surface area contributed by atoms with Crippen LogP contribution in [0.3, 0.4) is 0 Å². The Bertz CT molecular complexity index is 459. The van der Waals surface area contributed by atoms with E-state index >= 15 is 0 Å². The fourth-order valence-corrected chi connectivity index (χ4v) is 1.38. The van der Waals surface area contributed by atoms with Gasteiger partial charge in [0.2, 0.25) is 5.88 Å². The maximum atomic E-state index is 5.62. The van der Waals surface area contributed by atoms with Crippen molar-refractivity contribution in [2.24, 2.45) is 0 Å². The summed E-state index contributed by atoms with van der Waals surface area (Å²) in [5, 5.41) is 4.30. The molecular formula is C12H15N3O. The van der Waals surface area contributed by atoms with E-state index in [-0.39, 0.29) is 6.10 Å². The normalized spacial score (nSPS) is 10.7. The Balaban J connectivity index is 2.21. The van der Waals surface area contributed by atoms with Gasteiger partial charge < -0.3 is 10.5 Å². The van der Waals surface area contributed by atoms with Crippen molar-refractivity contribution < 1.29 is 4.74 Å². The van der Waals surface area contributed by atoms with Crippen molar-refractivity contribution in [1.29, 1.82) is 0 Å². The Kier molecular flexibility index (Phi) is 2.81. The molecule has 0 radical (unpaired) electrons. The van der Waals surface area contributed by atoms with Gasteiger partial charge in [-0.2, -0.15) is 0 Å². The van der Waals surface area contributed by atoms with Crippen LogP contribution in [0.4, 0.5) is 5.69 Å². The monoisotopic (exact) mass is 217 g/mol. The second-order valence-corrected chi connectivity index (χ2v) is 3.86. The molecule has 0 aliphatic rings. The minimum atomic E-state index is 0.134. The number of anilines is 1. The van der Waals surface area contributed by atoms with Crippen LogP contribution in [-0.2, 0) is 0 Å². The lowest BCUT2D eigenvalue weighted by Crippen LogP contribution is -2.06. The molecule has 2 rings (SSSR count). The van der Waals surface area contributed by atoms with Gasteiger partial charge in [-0.1, -0.05) is 0 Å². The lowest BCUT2D eigenvalue weighted by atomic mass is 10.3. The molecule has 0 aliphatic heterocycles. The van der Waals surface area contributed by atoms with Crippen LogP contribution in [0.5, 0.6) is 5.88 Å². The van der Waals surface area contributed by atoms with E-state index < -0.39 is 0 Å². The zero-order chi connectivity index (χ0) is 11.5.